The molecule has 0 bridgehead atoms. The van der Waals surface area contributed by atoms with Crippen LogP contribution < -0.4 is 10.6 Å². The standard InChI is InChI=1S/C21H20FN3O/c1-14-6-5-9-19(15(14)2)25-17-10-11-23-20(12-17)21(26)24-13-16-7-3-4-8-18(16)22/h3-12H,13H2,1-2H3,(H,23,25)(H,24,26). The second kappa shape index (κ2) is 7.78. The van der Waals surface area contributed by atoms with Crippen molar-refractivity contribution in [1.82, 2.24) is 10.3 Å². The number of carbonyl (C=O) groups is 1. The maximum Gasteiger partial charge on any atom is 0.270 e. The number of benzene rings is 2. The lowest BCUT2D eigenvalue weighted by Gasteiger charge is -2.12. The molecule has 0 saturated carbocycles. The normalized spacial score (nSPS) is 10.4. The Bertz CT molecular complexity index is 940. The van der Waals surface area contributed by atoms with Crippen LogP contribution in [0.15, 0.2) is 60.8 Å². The van der Waals surface area contributed by atoms with E-state index in [0.29, 0.717) is 5.56 Å². The predicted molar refractivity (Wildman–Crippen MR) is 101 cm³/mol. The number of hydrogen-bond donors (Lipinski definition) is 2. The lowest BCUT2D eigenvalue weighted by molar-refractivity contribution is 0.0945. The van der Waals surface area contributed by atoms with Crippen molar-refractivity contribution in [2.24, 2.45) is 0 Å². The summed E-state index contributed by atoms with van der Waals surface area (Å²) in [6.07, 6.45) is 1.57. The number of nitrogens with zero attached hydrogens (tertiary/aromatic N) is 1. The van der Waals surface area contributed by atoms with Gasteiger partial charge < -0.3 is 10.6 Å². The van der Waals surface area contributed by atoms with Gasteiger partial charge in [0.15, 0.2) is 0 Å². The molecule has 132 valence electrons. The monoisotopic (exact) mass is 349 g/mol. The molecule has 0 unspecified atom stereocenters. The fourth-order valence-electron chi connectivity index (χ4n) is 2.58. The highest BCUT2D eigenvalue weighted by atomic mass is 19.1. The molecule has 0 atom stereocenters. The fraction of sp³-hybridized carbons (Fsp3) is 0.143. The highest BCUT2D eigenvalue weighted by Crippen LogP contribution is 2.22. The van der Waals surface area contributed by atoms with Crippen molar-refractivity contribution in [1.29, 1.82) is 0 Å². The van der Waals surface area contributed by atoms with Crippen LogP contribution in [0.5, 0.6) is 0 Å². The number of aromatic nitrogens is 1. The molecule has 1 aromatic heterocycles. The SMILES string of the molecule is Cc1cccc(Nc2ccnc(C(=O)NCc3ccccc3F)c2)c1C. The first-order valence-electron chi connectivity index (χ1n) is 8.35. The Kier molecular flexibility index (Phi) is 5.27. The Morgan fingerprint density at radius 2 is 1.88 bits per heavy atom. The Morgan fingerprint density at radius 3 is 2.69 bits per heavy atom. The third kappa shape index (κ3) is 4.06. The van der Waals surface area contributed by atoms with E-state index >= 15 is 0 Å². The van der Waals surface area contributed by atoms with Crippen molar-refractivity contribution >= 4 is 17.3 Å². The van der Waals surface area contributed by atoms with Gasteiger partial charge in [-0.1, -0.05) is 30.3 Å². The molecule has 3 aromatic rings. The van der Waals surface area contributed by atoms with Crippen molar-refractivity contribution in [3.63, 3.8) is 0 Å². The van der Waals surface area contributed by atoms with Crippen LogP contribution in [0.4, 0.5) is 15.8 Å². The number of anilines is 2. The van der Waals surface area contributed by atoms with E-state index in [1.54, 1.807) is 36.5 Å². The lowest BCUT2D eigenvalue weighted by atomic mass is 10.1. The molecule has 2 aromatic carbocycles. The molecule has 0 aliphatic carbocycles. The molecule has 2 N–H and O–H groups in total. The average Bonchev–Trinajstić information content (AvgIpc) is 2.65. The molecule has 5 heteroatoms. The Hall–Kier alpha value is -3.21. The molecular weight excluding hydrogens is 329 g/mol. The van der Waals surface area contributed by atoms with Crippen molar-refractivity contribution < 1.29 is 9.18 Å². The Balaban J connectivity index is 1.71. The highest BCUT2D eigenvalue weighted by molar-refractivity contribution is 5.93. The number of amides is 1. The van der Waals surface area contributed by atoms with Gasteiger partial charge in [0.05, 0.1) is 0 Å². The zero-order valence-electron chi connectivity index (χ0n) is 14.7. The van der Waals surface area contributed by atoms with Crippen LogP contribution in [0.3, 0.4) is 0 Å². The van der Waals surface area contributed by atoms with Gasteiger partial charge in [0.25, 0.3) is 5.91 Å². The number of halogens is 1. The van der Waals surface area contributed by atoms with Crippen LogP contribution in [0.1, 0.15) is 27.2 Å². The molecule has 0 aliphatic heterocycles. The maximum atomic E-state index is 13.6. The highest BCUT2D eigenvalue weighted by Gasteiger charge is 2.10. The van der Waals surface area contributed by atoms with Gasteiger partial charge in [0.1, 0.15) is 11.5 Å². The van der Waals surface area contributed by atoms with Crippen LogP contribution in [-0.2, 0) is 6.54 Å². The predicted octanol–water partition coefficient (Wildman–Crippen LogP) is 4.51. The molecule has 1 amide bonds. The van der Waals surface area contributed by atoms with Gasteiger partial charge in [-0.15, -0.1) is 0 Å². The van der Waals surface area contributed by atoms with Crippen LogP contribution in [0, 0.1) is 19.7 Å². The third-order valence-corrected chi connectivity index (χ3v) is 4.27. The fourth-order valence-corrected chi connectivity index (χ4v) is 2.58. The zero-order valence-corrected chi connectivity index (χ0v) is 14.7. The Morgan fingerprint density at radius 1 is 1.08 bits per heavy atom. The van der Waals surface area contributed by atoms with E-state index in [4.69, 9.17) is 0 Å². The third-order valence-electron chi connectivity index (χ3n) is 4.27. The minimum absolute atomic E-state index is 0.113. The summed E-state index contributed by atoms with van der Waals surface area (Å²) in [5, 5.41) is 6.01. The second-order valence-electron chi connectivity index (χ2n) is 6.08. The first-order valence-corrected chi connectivity index (χ1v) is 8.35. The van der Waals surface area contributed by atoms with E-state index in [1.165, 1.54) is 11.6 Å². The largest absolute Gasteiger partial charge is 0.355 e. The first-order chi connectivity index (χ1) is 12.5. The molecule has 0 aliphatic rings. The van der Waals surface area contributed by atoms with Crippen molar-refractivity contribution in [3.05, 3.63) is 89.0 Å². The minimum Gasteiger partial charge on any atom is -0.355 e. The van der Waals surface area contributed by atoms with E-state index < -0.39 is 0 Å². The molecule has 3 rings (SSSR count). The van der Waals surface area contributed by atoms with E-state index in [-0.39, 0.29) is 24.0 Å². The van der Waals surface area contributed by atoms with Crippen LogP contribution in [-0.4, -0.2) is 10.9 Å². The van der Waals surface area contributed by atoms with E-state index in [9.17, 15) is 9.18 Å². The van der Waals surface area contributed by atoms with Crippen LogP contribution in [0.25, 0.3) is 0 Å². The molecule has 0 spiro atoms. The molecular formula is C21H20FN3O. The summed E-state index contributed by atoms with van der Waals surface area (Å²) < 4.78 is 13.6. The average molecular weight is 349 g/mol. The summed E-state index contributed by atoms with van der Waals surface area (Å²) in [5.41, 5.74) is 4.79. The van der Waals surface area contributed by atoms with E-state index in [1.807, 2.05) is 19.1 Å². The molecule has 26 heavy (non-hydrogen) atoms. The quantitative estimate of drug-likeness (QED) is 0.712. The van der Waals surface area contributed by atoms with Crippen molar-refractivity contribution in [2.45, 2.75) is 20.4 Å². The zero-order chi connectivity index (χ0) is 18.5. The Labute approximate surface area is 152 Å². The summed E-state index contributed by atoms with van der Waals surface area (Å²) in [4.78, 5) is 16.4. The van der Waals surface area contributed by atoms with Crippen LogP contribution >= 0.6 is 0 Å². The number of carbonyl (C=O) groups excluding carboxylic acids is 1. The first kappa shape index (κ1) is 17.6. The molecule has 0 radical (unpaired) electrons. The second-order valence-corrected chi connectivity index (χ2v) is 6.08. The summed E-state index contributed by atoms with van der Waals surface area (Å²) in [5.74, 6) is -0.691. The lowest BCUT2D eigenvalue weighted by Crippen LogP contribution is -2.24. The van der Waals surface area contributed by atoms with E-state index in [0.717, 1.165) is 16.9 Å². The molecule has 4 nitrogen and oxygen atoms in total. The number of hydrogen-bond acceptors (Lipinski definition) is 3. The number of aryl methyl sites for hydroxylation is 1. The summed E-state index contributed by atoms with van der Waals surface area (Å²) in [6, 6.07) is 15.9. The van der Waals surface area contributed by atoms with Gasteiger partial charge in [-0.2, -0.15) is 0 Å². The summed E-state index contributed by atoms with van der Waals surface area (Å²) in [7, 11) is 0. The van der Waals surface area contributed by atoms with Crippen molar-refractivity contribution in [3.8, 4) is 0 Å². The molecule has 0 fully saturated rings. The molecule has 0 saturated heterocycles. The number of rotatable bonds is 5. The van der Waals surface area contributed by atoms with Gasteiger partial charge in [-0.25, -0.2) is 4.39 Å². The smallest absolute Gasteiger partial charge is 0.270 e. The topological polar surface area (TPSA) is 54.0 Å². The number of nitrogens with one attached hydrogen (secondary N) is 2. The maximum absolute atomic E-state index is 13.6. The van der Waals surface area contributed by atoms with Gasteiger partial charge in [-0.3, -0.25) is 9.78 Å². The minimum atomic E-state index is -0.349. The van der Waals surface area contributed by atoms with Crippen molar-refractivity contribution in [2.75, 3.05) is 5.32 Å². The summed E-state index contributed by atoms with van der Waals surface area (Å²) in [6.45, 7) is 4.21. The van der Waals surface area contributed by atoms with E-state index in [2.05, 4.69) is 28.6 Å². The van der Waals surface area contributed by atoms with Crippen LogP contribution in [0.2, 0.25) is 0 Å². The summed E-state index contributed by atoms with van der Waals surface area (Å²) >= 11 is 0. The van der Waals surface area contributed by atoms with Gasteiger partial charge in [0.2, 0.25) is 0 Å². The van der Waals surface area contributed by atoms with Gasteiger partial charge >= 0.3 is 0 Å². The molecule has 1 heterocycles. The number of pyridine rings is 1. The van der Waals surface area contributed by atoms with Gasteiger partial charge in [0, 0.05) is 29.7 Å². The van der Waals surface area contributed by atoms with Gasteiger partial charge in [-0.05, 0) is 49.2 Å².